The number of rotatable bonds is 7. The third-order valence-corrected chi connectivity index (χ3v) is 7.28. The minimum Gasteiger partial charge on any atom is -0.348 e. The van der Waals surface area contributed by atoms with Crippen molar-refractivity contribution in [3.63, 3.8) is 0 Å². The SMILES string of the molecule is CC(C)C(CS(=O)(=O)c1ccccc1)C(=O)CC1Cc2ncnn2CCNC(=O)C1=O. The molecule has 2 aromatic rings. The number of amides is 1. The highest BCUT2D eigenvalue weighted by Crippen LogP contribution is 2.24. The van der Waals surface area contributed by atoms with Gasteiger partial charge in [0.05, 0.1) is 17.2 Å². The molecule has 31 heavy (non-hydrogen) atoms. The summed E-state index contributed by atoms with van der Waals surface area (Å²) in [6.45, 7) is 4.15. The predicted molar refractivity (Wildman–Crippen MR) is 112 cm³/mol. The summed E-state index contributed by atoms with van der Waals surface area (Å²) in [6.07, 6.45) is 1.23. The van der Waals surface area contributed by atoms with Gasteiger partial charge in [-0.25, -0.2) is 18.1 Å². The maximum atomic E-state index is 13.2. The zero-order valence-corrected chi connectivity index (χ0v) is 18.3. The number of carbonyl (C=O) groups is 3. The second-order valence-electron chi connectivity index (χ2n) is 8.04. The standard InChI is InChI=1S/C21H26N4O5S/c1-14(2)17(12-31(29,30)16-6-4-3-5-7-16)18(26)10-15-11-19-23-13-24-25(19)9-8-22-21(28)20(15)27/h3-7,13-15,17H,8-12H2,1-2H3,(H,22,28). The first-order chi connectivity index (χ1) is 14.7. The number of hydrogen-bond donors (Lipinski definition) is 1. The van der Waals surface area contributed by atoms with E-state index in [9.17, 15) is 22.8 Å². The molecule has 0 spiro atoms. The van der Waals surface area contributed by atoms with E-state index >= 15 is 0 Å². The molecule has 9 nitrogen and oxygen atoms in total. The van der Waals surface area contributed by atoms with Gasteiger partial charge in [0, 0.05) is 31.2 Å². The second kappa shape index (κ2) is 9.51. The van der Waals surface area contributed by atoms with Crippen LogP contribution in [0.25, 0.3) is 0 Å². The molecule has 1 aromatic carbocycles. The van der Waals surface area contributed by atoms with Crippen LogP contribution in [0.4, 0.5) is 0 Å². The van der Waals surface area contributed by atoms with Crippen molar-refractivity contribution in [2.45, 2.75) is 38.1 Å². The van der Waals surface area contributed by atoms with Gasteiger partial charge in [-0.05, 0) is 18.1 Å². The Kier molecular flexibility index (Phi) is 6.99. The van der Waals surface area contributed by atoms with Gasteiger partial charge >= 0.3 is 0 Å². The highest BCUT2D eigenvalue weighted by molar-refractivity contribution is 7.91. The Morgan fingerprint density at radius 2 is 1.94 bits per heavy atom. The van der Waals surface area contributed by atoms with E-state index < -0.39 is 33.4 Å². The first kappa shape index (κ1) is 22.8. The number of benzene rings is 1. The van der Waals surface area contributed by atoms with Gasteiger partial charge in [0.1, 0.15) is 17.9 Å². The summed E-state index contributed by atoms with van der Waals surface area (Å²) in [5, 5.41) is 6.62. The molecular weight excluding hydrogens is 420 g/mol. The summed E-state index contributed by atoms with van der Waals surface area (Å²) in [5.74, 6) is -3.61. The van der Waals surface area contributed by atoms with E-state index in [0.29, 0.717) is 12.4 Å². The molecule has 2 atom stereocenters. The molecule has 0 saturated carbocycles. The van der Waals surface area contributed by atoms with Gasteiger partial charge in [-0.2, -0.15) is 5.10 Å². The summed E-state index contributed by atoms with van der Waals surface area (Å²) in [6, 6.07) is 7.97. The van der Waals surface area contributed by atoms with Crippen LogP contribution < -0.4 is 5.32 Å². The summed E-state index contributed by atoms with van der Waals surface area (Å²) in [7, 11) is -3.68. The number of aromatic nitrogens is 3. The lowest BCUT2D eigenvalue weighted by Gasteiger charge is -2.22. The van der Waals surface area contributed by atoms with E-state index in [-0.39, 0.29) is 41.7 Å². The molecule has 1 N–H and O–H groups in total. The van der Waals surface area contributed by atoms with Gasteiger partial charge in [-0.3, -0.25) is 14.4 Å². The molecule has 1 aliphatic rings. The number of sulfone groups is 1. The van der Waals surface area contributed by atoms with Crippen LogP contribution in [0.15, 0.2) is 41.6 Å². The number of hydrogen-bond acceptors (Lipinski definition) is 7. The van der Waals surface area contributed by atoms with Crippen LogP contribution in [0.1, 0.15) is 26.1 Å². The van der Waals surface area contributed by atoms with Crippen molar-refractivity contribution in [1.82, 2.24) is 20.1 Å². The summed E-state index contributed by atoms with van der Waals surface area (Å²) < 4.78 is 27.3. The van der Waals surface area contributed by atoms with Crippen molar-refractivity contribution in [1.29, 1.82) is 0 Å². The highest BCUT2D eigenvalue weighted by atomic mass is 32.2. The molecule has 1 aromatic heterocycles. The second-order valence-corrected chi connectivity index (χ2v) is 10.1. The summed E-state index contributed by atoms with van der Waals surface area (Å²) in [4.78, 5) is 42.3. The number of nitrogens with zero attached hydrogens (tertiary/aromatic N) is 3. The van der Waals surface area contributed by atoms with E-state index in [1.54, 1.807) is 36.7 Å². The van der Waals surface area contributed by atoms with Crippen molar-refractivity contribution in [2.75, 3.05) is 12.3 Å². The van der Waals surface area contributed by atoms with E-state index in [0.717, 1.165) is 0 Å². The monoisotopic (exact) mass is 446 g/mol. The van der Waals surface area contributed by atoms with Crippen molar-refractivity contribution in [3.8, 4) is 0 Å². The normalized spacial score (nSPS) is 18.5. The first-order valence-electron chi connectivity index (χ1n) is 10.2. The van der Waals surface area contributed by atoms with Crippen LogP contribution in [0, 0.1) is 17.8 Å². The van der Waals surface area contributed by atoms with E-state index in [4.69, 9.17) is 0 Å². The minimum atomic E-state index is -3.68. The van der Waals surface area contributed by atoms with Gasteiger partial charge in [0.25, 0.3) is 5.91 Å². The Bertz CT molecular complexity index is 1060. The maximum Gasteiger partial charge on any atom is 0.287 e. The number of carbonyl (C=O) groups excluding carboxylic acids is 3. The van der Waals surface area contributed by atoms with E-state index in [1.165, 1.54) is 18.5 Å². The van der Waals surface area contributed by atoms with Gasteiger partial charge in [-0.1, -0.05) is 32.0 Å². The minimum absolute atomic E-state index is 0.0915. The molecule has 3 rings (SSSR count). The molecule has 10 heteroatoms. The Labute approximate surface area is 181 Å². The average molecular weight is 447 g/mol. The van der Waals surface area contributed by atoms with Crippen LogP contribution >= 0.6 is 0 Å². The highest BCUT2D eigenvalue weighted by Gasteiger charge is 2.35. The molecule has 166 valence electrons. The molecule has 0 aliphatic carbocycles. The van der Waals surface area contributed by atoms with Crippen molar-refractivity contribution in [3.05, 3.63) is 42.5 Å². The third kappa shape index (κ3) is 5.43. The maximum absolute atomic E-state index is 13.2. The molecule has 0 radical (unpaired) electrons. The van der Waals surface area contributed by atoms with Crippen LogP contribution in [-0.4, -0.2) is 53.0 Å². The van der Waals surface area contributed by atoms with E-state index in [2.05, 4.69) is 15.4 Å². The fraction of sp³-hybridized carbons (Fsp3) is 0.476. The molecule has 2 heterocycles. The van der Waals surface area contributed by atoms with Crippen molar-refractivity contribution >= 4 is 27.3 Å². The molecule has 0 bridgehead atoms. The topological polar surface area (TPSA) is 128 Å². The molecular formula is C21H26N4O5S. The van der Waals surface area contributed by atoms with Crippen molar-refractivity contribution < 1.29 is 22.8 Å². The third-order valence-electron chi connectivity index (χ3n) is 5.50. The molecule has 2 unspecified atom stereocenters. The Hall–Kier alpha value is -2.88. The number of fused-ring (bicyclic) bond motifs is 1. The molecule has 0 fully saturated rings. The molecule has 1 aliphatic heterocycles. The fourth-order valence-electron chi connectivity index (χ4n) is 3.67. The average Bonchev–Trinajstić information content (AvgIpc) is 3.18. The Morgan fingerprint density at radius 1 is 1.23 bits per heavy atom. The lowest BCUT2D eigenvalue weighted by molar-refractivity contribution is -0.141. The van der Waals surface area contributed by atoms with Gasteiger partial charge in [-0.15, -0.1) is 0 Å². The molecule has 0 saturated heterocycles. The molecule has 1 amide bonds. The van der Waals surface area contributed by atoms with Crippen LogP contribution in [-0.2, 0) is 37.2 Å². The lowest BCUT2D eigenvalue weighted by Crippen LogP contribution is -2.38. The summed E-state index contributed by atoms with van der Waals surface area (Å²) in [5.41, 5.74) is 0. The number of ketones is 2. The number of nitrogens with one attached hydrogen (secondary N) is 1. The lowest BCUT2D eigenvalue weighted by atomic mass is 9.85. The van der Waals surface area contributed by atoms with E-state index in [1.807, 2.05) is 0 Å². The number of Topliss-reactive ketones (excluding diaryl/α,β-unsaturated/α-hetero) is 2. The van der Waals surface area contributed by atoms with Gasteiger partial charge < -0.3 is 5.32 Å². The largest absolute Gasteiger partial charge is 0.348 e. The smallest absolute Gasteiger partial charge is 0.287 e. The quantitative estimate of drug-likeness (QED) is 0.624. The van der Waals surface area contributed by atoms with Crippen LogP contribution in [0.5, 0.6) is 0 Å². The first-order valence-corrected chi connectivity index (χ1v) is 11.8. The van der Waals surface area contributed by atoms with Crippen molar-refractivity contribution in [2.24, 2.45) is 17.8 Å². The van der Waals surface area contributed by atoms with Crippen LogP contribution in [0.3, 0.4) is 0 Å². The van der Waals surface area contributed by atoms with Gasteiger partial charge in [0.2, 0.25) is 5.78 Å². The zero-order valence-electron chi connectivity index (χ0n) is 17.5. The summed E-state index contributed by atoms with van der Waals surface area (Å²) >= 11 is 0. The Balaban J connectivity index is 1.82. The predicted octanol–water partition coefficient (Wildman–Crippen LogP) is 0.841. The van der Waals surface area contributed by atoms with Gasteiger partial charge in [0.15, 0.2) is 9.84 Å². The van der Waals surface area contributed by atoms with Crippen LogP contribution in [0.2, 0.25) is 0 Å². The Morgan fingerprint density at radius 3 is 2.61 bits per heavy atom. The zero-order chi connectivity index (χ0) is 22.6. The fourth-order valence-corrected chi connectivity index (χ4v) is 5.48.